The van der Waals surface area contributed by atoms with Crippen LogP contribution in [0.25, 0.3) is 22.2 Å². The number of likely N-dealkylation sites (tertiary alicyclic amines) is 1. The molecule has 2 amide bonds. The molecule has 1 saturated heterocycles. The molecule has 3 aliphatic rings. The van der Waals surface area contributed by atoms with Crippen LogP contribution in [0.4, 0.5) is 5.69 Å². The Morgan fingerprint density at radius 3 is 2.73 bits per heavy atom. The number of hydrogen-bond acceptors (Lipinski definition) is 9. The Morgan fingerprint density at radius 2 is 2.06 bits per heavy atom. The van der Waals surface area contributed by atoms with Gasteiger partial charge in [-0.05, 0) is 66.5 Å². The van der Waals surface area contributed by atoms with Crippen molar-refractivity contribution in [3.8, 4) is 0 Å². The highest BCUT2D eigenvalue weighted by atomic mass is 32.2. The number of carbonyl (C=O) groups excluding carboxylic acids is 2. The molecule has 0 aliphatic carbocycles. The number of aliphatic imine (C=N–C) groups is 2. The van der Waals surface area contributed by atoms with E-state index in [0.717, 1.165) is 40.6 Å². The Bertz CT molecular complexity index is 1850. The number of hydrogen-bond donors (Lipinski definition) is 3. The van der Waals surface area contributed by atoms with Crippen LogP contribution in [0.1, 0.15) is 42.0 Å². The number of fused-ring (bicyclic) bond motifs is 1. The number of ether oxygens (including phenoxy) is 1. The van der Waals surface area contributed by atoms with Crippen molar-refractivity contribution < 1.29 is 14.3 Å². The number of nitrogens with zero attached hydrogens (tertiary/aromatic N) is 6. The maximum atomic E-state index is 13.8. The van der Waals surface area contributed by atoms with Gasteiger partial charge in [0.25, 0.3) is 0 Å². The number of thioether (sulfide) groups is 1. The van der Waals surface area contributed by atoms with Gasteiger partial charge in [-0.15, -0.1) is 11.8 Å². The Kier molecular flexibility index (Phi) is 10.3. The summed E-state index contributed by atoms with van der Waals surface area (Å²) in [6.45, 7) is 6.71. The molecule has 13 heteroatoms. The lowest BCUT2D eigenvalue weighted by atomic mass is 9.98. The predicted octanol–water partition coefficient (Wildman–Crippen LogP) is 4.48. The Labute approximate surface area is 290 Å². The van der Waals surface area contributed by atoms with Crippen LogP contribution in [0, 0.1) is 0 Å². The summed E-state index contributed by atoms with van der Waals surface area (Å²) in [5, 5.41) is 13.1. The summed E-state index contributed by atoms with van der Waals surface area (Å²) in [6.07, 6.45) is 11.6. The number of H-pyrrole nitrogens is 1. The van der Waals surface area contributed by atoms with Gasteiger partial charge < -0.3 is 20.0 Å². The zero-order valence-electron chi connectivity index (χ0n) is 28.2. The maximum Gasteiger partial charge on any atom is 0.241 e. The number of amides is 2. The van der Waals surface area contributed by atoms with E-state index in [2.05, 4.69) is 55.2 Å². The number of methoxy groups -OCH3 is 1. The van der Waals surface area contributed by atoms with Crippen molar-refractivity contribution in [3.05, 3.63) is 83.9 Å². The first kappa shape index (κ1) is 34.2. The van der Waals surface area contributed by atoms with Gasteiger partial charge in [0.15, 0.2) is 0 Å². The number of allylic oxidation sites excluding steroid dienone is 1. The molecule has 2 aromatic carbocycles. The molecule has 4 heterocycles. The van der Waals surface area contributed by atoms with Gasteiger partial charge in [0, 0.05) is 56.4 Å². The molecule has 1 unspecified atom stereocenters. The molecule has 1 fully saturated rings. The highest BCUT2D eigenvalue weighted by Gasteiger charge is 2.44. The van der Waals surface area contributed by atoms with Gasteiger partial charge >= 0.3 is 0 Å². The molecule has 4 N–H and O–H groups in total. The van der Waals surface area contributed by atoms with E-state index in [9.17, 15) is 9.59 Å². The van der Waals surface area contributed by atoms with E-state index in [0.29, 0.717) is 56.4 Å². The van der Waals surface area contributed by atoms with Gasteiger partial charge in [0.2, 0.25) is 17.7 Å². The lowest BCUT2D eigenvalue weighted by Crippen LogP contribution is -2.45. The summed E-state index contributed by atoms with van der Waals surface area (Å²) in [5.74, 6) is 6.24. The van der Waals surface area contributed by atoms with E-state index in [4.69, 9.17) is 10.6 Å². The monoisotopic (exact) mass is 681 g/mol. The number of benzene rings is 2. The first-order valence-electron chi connectivity index (χ1n) is 16.3. The SMILES string of the molecule is C=C(/N=C\N(C)N)c1ccc(C2=CCN(C(=O)CN3CC[C@@](SC)(C(=O)Nc4ccc5[nH]nc(C6C=NC(OC)=CC6)c5c4)C3)CC2)cc1. The average Bonchev–Trinajstić information content (AvgIpc) is 3.75. The van der Waals surface area contributed by atoms with Crippen LogP contribution in [-0.4, -0.2) is 107 Å². The van der Waals surface area contributed by atoms with Gasteiger partial charge in [-0.2, -0.15) is 5.10 Å². The number of aromatic amines is 1. The molecule has 12 nitrogen and oxygen atoms in total. The molecule has 6 rings (SSSR count). The number of hydrazine groups is 1. The minimum absolute atomic E-state index is 0.0154. The first-order valence-corrected chi connectivity index (χ1v) is 17.5. The van der Waals surface area contributed by atoms with Gasteiger partial charge in [-0.25, -0.2) is 15.8 Å². The zero-order chi connectivity index (χ0) is 34.5. The minimum Gasteiger partial charge on any atom is -0.481 e. The smallest absolute Gasteiger partial charge is 0.241 e. The molecule has 2 atom stereocenters. The summed E-state index contributed by atoms with van der Waals surface area (Å²) in [4.78, 5) is 39.8. The second-order valence-electron chi connectivity index (χ2n) is 12.6. The van der Waals surface area contributed by atoms with Crippen LogP contribution in [0.2, 0.25) is 0 Å². The topological polar surface area (TPSA) is 145 Å². The fourth-order valence-electron chi connectivity index (χ4n) is 6.46. The highest BCUT2D eigenvalue weighted by Crippen LogP contribution is 2.36. The van der Waals surface area contributed by atoms with Gasteiger partial charge in [0.1, 0.15) is 11.1 Å². The van der Waals surface area contributed by atoms with E-state index in [-0.39, 0.29) is 17.7 Å². The number of rotatable bonds is 11. The number of aromatic nitrogens is 2. The molecule has 0 radical (unpaired) electrons. The average molecular weight is 682 g/mol. The first-order chi connectivity index (χ1) is 23.7. The lowest BCUT2D eigenvalue weighted by molar-refractivity contribution is -0.132. The third-order valence-corrected chi connectivity index (χ3v) is 10.7. The largest absolute Gasteiger partial charge is 0.481 e. The number of nitrogens with one attached hydrogen (secondary N) is 2. The van der Waals surface area contributed by atoms with E-state index < -0.39 is 4.75 Å². The van der Waals surface area contributed by atoms with Crippen LogP contribution in [0.15, 0.2) is 77.1 Å². The lowest BCUT2D eigenvalue weighted by Gasteiger charge is -2.29. The van der Waals surface area contributed by atoms with Crippen molar-refractivity contribution in [2.45, 2.75) is 29.9 Å². The fraction of sp³-hybridized carbons (Fsp3) is 0.361. The van der Waals surface area contributed by atoms with Gasteiger partial charge in [-0.1, -0.05) is 36.9 Å². The number of nitrogens with two attached hydrogens (primary N) is 1. The zero-order valence-corrected chi connectivity index (χ0v) is 29.0. The third-order valence-electron chi connectivity index (χ3n) is 9.36. The molecule has 49 heavy (non-hydrogen) atoms. The quantitative estimate of drug-likeness (QED) is 0.116. The van der Waals surface area contributed by atoms with E-state index in [1.807, 2.05) is 53.8 Å². The van der Waals surface area contributed by atoms with Crippen molar-refractivity contribution in [1.29, 1.82) is 0 Å². The van der Waals surface area contributed by atoms with E-state index in [1.165, 1.54) is 16.9 Å². The Hall–Kier alpha value is -4.72. The van der Waals surface area contributed by atoms with Crippen molar-refractivity contribution in [2.24, 2.45) is 15.8 Å². The van der Waals surface area contributed by atoms with Crippen LogP contribution < -0.4 is 11.2 Å². The molecule has 1 aromatic heterocycles. The molecular formula is C36H43N9O3S. The second-order valence-corrected chi connectivity index (χ2v) is 13.8. The molecule has 3 aromatic rings. The number of anilines is 1. The second kappa shape index (κ2) is 14.8. The van der Waals surface area contributed by atoms with Gasteiger partial charge in [-0.3, -0.25) is 19.6 Å². The van der Waals surface area contributed by atoms with Crippen LogP contribution in [-0.2, 0) is 14.3 Å². The summed E-state index contributed by atoms with van der Waals surface area (Å²) < 4.78 is 4.57. The molecular weight excluding hydrogens is 639 g/mol. The molecule has 0 saturated carbocycles. The summed E-state index contributed by atoms with van der Waals surface area (Å²) in [6, 6.07) is 13.9. The molecule has 0 spiro atoms. The molecule has 256 valence electrons. The highest BCUT2D eigenvalue weighted by molar-refractivity contribution is 8.00. The summed E-state index contributed by atoms with van der Waals surface area (Å²) >= 11 is 1.55. The van der Waals surface area contributed by atoms with E-state index >= 15 is 0 Å². The maximum absolute atomic E-state index is 13.8. The summed E-state index contributed by atoms with van der Waals surface area (Å²) in [5.41, 5.74) is 6.40. The van der Waals surface area contributed by atoms with Crippen molar-refractivity contribution >= 4 is 64.0 Å². The fourth-order valence-corrected chi connectivity index (χ4v) is 7.31. The third kappa shape index (κ3) is 7.64. The minimum atomic E-state index is -0.649. The van der Waals surface area contributed by atoms with Crippen LogP contribution >= 0.6 is 11.8 Å². The van der Waals surface area contributed by atoms with Crippen molar-refractivity contribution in [2.75, 3.05) is 58.5 Å². The number of carbonyl (C=O) groups is 2. The summed E-state index contributed by atoms with van der Waals surface area (Å²) in [7, 11) is 3.31. The van der Waals surface area contributed by atoms with Crippen LogP contribution in [0.5, 0.6) is 0 Å². The van der Waals surface area contributed by atoms with Crippen LogP contribution in [0.3, 0.4) is 0 Å². The Balaban J connectivity index is 1.03. The molecule has 0 bridgehead atoms. The predicted molar refractivity (Wildman–Crippen MR) is 198 cm³/mol. The van der Waals surface area contributed by atoms with Crippen molar-refractivity contribution in [3.63, 3.8) is 0 Å². The van der Waals surface area contributed by atoms with Gasteiger partial charge in [0.05, 0.1) is 30.6 Å². The normalized spacial score (nSPS) is 21.1. The molecule has 3 aliphatic heterocycles. The standard InChI is InChI=1S/C36H43N9O3S/c1-24(39-23-43(2)37)25-5-7-26(8-6-25)27-13-16-45(17-14-27)33(46)21-44-18-15-36(22-44,49-4)35(47)40-29-10-11-31-30(19-29)34(42-41-31)28-9-12-32(48-3)38-20-28/h5-8,10-13,19-20,23,28H,1,9,14-18,21-22,37H2,2-4H3,(H,40,47)(H,41,42)/b39-23-/t28?,36-/m0/s1. The Morgan fingerprint density at radius 1 is 1.24 bits per heavy atom. The van der Waals surface area contributed by atoms with E-state index in [1.54, 1.807) is 25.9 Å². The van der Waals surface area contributed by atoms with Crippen molar-refractivity contribution in [1.82, 2.24) is 25.0 Å².